The molecule has 0 saturated carbocycles. The molecule has 1 saturated heterocycles. The van der Waals surface area contributed by atoms with E-state index in [0.29, 0.717) is 44.0 Å². The lowest BCUT2D eigenvalue weighted by Gasteiger charge is -2.29. The average Bonchev–Trinajstić information content (AvgIpc) is 2.50. The fourth-order valence-electron chi connectivity index (χ4n) is 2.55. The normalized spacial score (nSPS) is 16.9. The highest BCUT2D eigenvalue weighted by Crippen LogP contribution is 2.14. The summed E-state index contributed by atoms with van der Waals surface area (Å²) in [6, 6.07) is 3.39. The van der Waals surface area contributed by atoms with Gasteiger partial charge < -0.3 is 15.0 Å². The lowest BCUT2D eigenvalue weighted by molar-refractivity contribution is -0.137. The fourth-order valence-corrected chi connectivity index (χ4v) is 2.55. The van der Waals surface area contributed by atoms with Crippen molar-refractivity contribution in [3.05, 3.63) is 34.6 Å². The molecule has 1 fully saturated rings. The highest BCUT2D eigenvalue weighted by atomic mass is 19.1. The third-order valence-corrected chi connectivity index (χ3v) is 3.80. The molecular weight excluding hydrogens is 271 g/mol. The molecule has 0 bridgehead atoms. The fraction of sp³-hybridized carbons (Fsp3) is 0.562. The number of carbonyl (C=O) groups excluding carboxylic acids is 1. The van der Waals surface area contributed by atoms with Crippen molar-refractivity contribution in [1.82, 2.24) is 10.2 Å². The standard InChI is InChI=1S/C16H23FN2O2/c1-11-8-14(9-12(2)15(11)17)10-18-13(3)16(20)19-4-6-21-7-5-19/h8-9,13,18H,4-7,10H2,1-3H3. The van der Waals surface area contributed by atoms with Crippen molar-refractivity contribution in [2.75, 3.05) is 26.3 Å². The Morgan fingerprint density at radius 3 is 2.48 bits per heavy atom. The molecule has 1 aromatic rings. The summed E-state index contributed by atoms with van der Waals surface area (Å²) in [6.07, 6.45) is 0. The van der Waals surface area contributed by atoms with Crippen LogP contribution in [-0.4, -0.2) is 43.2 Å². The smallest absolute Gasteiger partial charge is 0.239 e. The molecule has 5 heteroatoms. The number of rotatable bonds is 4. The van der Waals surface area contributed by atoms with E-state index in [-0.39, 0.29) is 17.8 Å². The highest BCUT2D eigenvalue weighted by molar-refractivity contribution is 5.81. The van der Waals surface area contributed by atoms with E-state index in [1.54, 1.807) is 13.8 Å². The topological polar surface area (TPSA) is 41.6 Å². The summed E-state index contributed by atoms with van der Waals surface area (Å²) in [5, 5.41) is 3.22. The summed E-state index contributed by atoms with van der Waals surface area (Å²) in [7, 11) is 0. The third kappa shape index (κ3) is 4.02. The molecule has 1 aliphatic heterocycles. The highest BCUT2D eigenvalue weighted by Gasteiger charge is 2.21. The first-order valence-electron chi connectivity index (χ1n) is 7.34. The second-order valence-electron chi connectivity index (χ2n) is 5.58. The molecule has 1 atom stereocenters. The molecule has 1 unspecified atom stereocenters. The van der Waals surface area contributed by atoms with Crippen LogP contribution in [0.1, 0.15) is 23.6 Å². The van der Waals surface area contributed by atoms with Crippen LogP contribution in [0.15, 0.2) is 12.1 Å². The molecule has 4 nitrogen and oxygen atoms in total. The number of nitrogens with zero attached hydrogens (tertiary/aromatic N) is 1. The monoisotopic (exact) mass is 294 g/mol. The maximum atomic E-state index is 13.6. The summed E-state index contributed by atoms with van der Waals surface area (Å²) in [5.41, 5.74) is 2.27. The van der Waals surface area contributed by atoms with Crippen LogP contribution < -0.4 is 5.32 Å². The van der Waals surface area contributed by atoms with E-state index in [1.807, 2.05) is 24.0 Å². The van der Waals surface area contributed by atoms with Gasteiger partial charge in [0.25, 0.3) is 0 Å². The Kier molecular flexibility index (Phi) is 5.31. The maximum Gasteiger partial charge on any atom is 0.239 e. The zero-order chi connectivity index (χ0) is 15.4. The number of halogens is 1. The predicted molar refractivity (Wildman–Crippen MR) is 79.6 cm³/mol. The van der Waals surface area contributed by atoms with E-state index in [9.17, 15) is 9.18 Å². The minimum atomic E-state index is -0.256. The molecule has 1 N–H and O–H groups in total. The van der Waals surface area contributed by atoms with Crippen molar-refractivity contribution in [3.63, 3.8) is 0 Å². The Balaban J connectivity index is 1.91. The van der Waals surface area contributed by atoms with Gasteiger partial charge in [0.1, 0.15) is 5.82 Å². The summed E-state index contributed by atoms with van der Waals surface area (Å²) in [5.74, 6) is -0.0648. The summed E-state index contributed by atoms with van der Waals surface area (Å²) in [4.78, 5) is 14.1. The number of aryl methyl sites for hydroxylation is 2. The van der Waals surface area contributed by atoms with Gasteiger partial charge in [0.15, 0.2) is 0 Å². The van der Waals surface area contributed by atoms with Crippen LogP contribution in [0.3, 0.4) is 0 Å². The van der Waals surface area contributed by atoms with Gasteiger partial charge in [-0.2, -0.15) is 0 Å². The number of amides is 1. The first-order chi connectivity index (χ1) is 9.99. The number of carbonyl (C=O) groups is 1. The van der Waals surface area contributed by atoms with E-state index >= 15 is 0 Å². The van der Waals surface area contributed by atoms with E-state index in [4.69, 9.17) is 4.74 Å². The van der Waals surface area contributed by atoms with Gasteiger partial charge >= 0.3 is 0 Å². The molecule has 0 spiro atoms. The van der Waals surface area contributed by atoms with Gasteiger partial charge in [0.05, 0.1) is 19.3 Å². The second-order valence-corrected chi connectivity index (χ2v) is 5.58. The molecule has 1 heterocycles. The van der Waals surface area contributed by atoms with Gasteiger partial charge in [-0.1, -0.05) is 12.1 Å². The predicted octanol–water partition coefficient (Wildman–Crippen LogP) is 1.78. The molecule has 116 valence electrons. The van der Waals surface area contributed by atoms with Crippen molar-refractivity contribution in [2.24, 2.45) is 0 Å². The summed E-state index contributed by atoms with van der Waals surface area (Å²) >= 11 is 0. The number of morpholine rings is 1. The Labute approximate surface area is 125 Å². The molecule has 1 aromatic carbocycles. The van der Waals surface area contributed by atoms with Crippen molar-refractivity contribution < 1.29 is 13.9 Å². The Morgan fingerprint density at radius 1 is 1.33 bits per heavy atom. The first-order valence-corrected chi connectivity index (χ1v) is 7.34. The largest absolute Gasteiger partial charge is 0.378 e. The van der Waals surface area contributed by atoms with E-state index in [2.05, 4.69) is 5.32 Å². The molecule has 0 radical (unpaired) electrons. The summed E-state index contributed by atoms with van der Waals surface area (Å²) in [6.45, 7) is 8.45. The number of hydrogen-bond donors (Lipinski definition) is 1. The van der Waals surface area contributed by atoms with Gasteiger partial charge in [-0.15, -0.1) is 0 Å². The Morgan fingerprint density at radius 2 is 1.90 bits per heavy atom. The number of ether oxygens (including phenoxy) is 1. The SMILES string of the molecule is Cc1cc(CNC(C)C(=O)N2CCOCC2)cc(C)c1F. The molecule has 21 heavy (non-hydrogen) atoms. The second kappa shape index (κ2) is 7.00. The average molecular weight is 294 g/mol. The third-order valence-electron chi connectivity index (χ3n) is 3.80. The van der Waals surface area contributed by atoms with Crippen LogP contribution in [0, 0.1) is 19.7 Å². The zero-order valence-corrected chi connectivity index (χ0v) is 12.9. The van der Waals surface area contributed by atoms with E-state index in [1.165, 1.54) is 0 Å². The van der Waals surface area contributed by atoms with E-state index in [0.717, 1.165) is 5.56 Å². The molecule has 1 aliphatic rings. The lowest BCUT2D eigenvalue weighted by Crippen LogP contribution is -2.49. The van der Waals surface area contributed by atoms with Gasteiger partial charge in [-0.25, -0.2) is 4.39 Å². The number of benzene rings is 1. The molecule has 0 aromatic heterocycles. The lowest BCUT2D eigenvalue weighted by atomic mass is 10.1. The minimum Gasteiger partial charge on any atom is -0.378 e. The first kappa shape index (κ1) is 15.9. The van der Waals surface area contributed by atoms with Gasteiger partial charge in [-0.05, 0) is 37.5 Å². The van der Waals surface area contributed by atoms with Crippen molar-refractivity contribution in [1.29, 1.82) is 0 Å². The maximum absolute atomic E-state index is 13.6. The van der Waals surface area contributed by atoms with Gasteiger partial charge in [-0.3, -0.25) is 4.79 Å². The summed E-state index contributed by atoms with van der Waals surface area (Å²) < 4.78 is 18.8. The zero-order valence-electron chi connectivity index (χ0n) is 12.9. The quantitative estimate of drug-likeness (QED) is 0.920. The minimum absolute atomic E-state index is 0.0915. The number of hydrogen-bond acceptors (Lipinski definition) is 3. The molecular formula is C16H23FN2O2. The van der Waals surface area contributed by atoms with Crippen molar-refractivity contribution in [2.45, 2.75) is 33.4 Å². The van der Waals surface area contributed by atoms with Crippen LogP contribution in [0.5, 0.6) is 0 Å². The number of nitrogens with one attached hydrogen (secondary N) is 1. The Hall–Kier alpha value is -1.46. The van der Waals surface area contributed by atoms with Crippen LogP contribution >= 0.6 is 0 Å². The van der Waals surface area contributed by atoms with Crippen LogP contribution in [0.4, 0.5) is 4.39 Å². The molecule has 0 aliphatic carbocycles. The van der Waals surface area contributed by atoms with Crippen molar-refractivity contribution >= 4 is 5.91 Å². The van der Waals surface area contributed by atoms with E-state index < -0.39 is 0 Å². The van der Waals surface area contributed by atoms with Gasteiger partial charge in [0, 0.05) is 19.6 Å². The van der Waals surface area contributed by atoms with Crippen LogP contribution in [0.2, 0.25) is 0 Å². The molecule has 1 amide bonds. The van der Waals surface area contributed by atoms with Gasteiger partial charge in [0.2, 0.25) is 5.91 Å². The van der Waals surface area contributed by atoms with Crippen molar-refractivity contribution in [3.8, 4) is 0 Å². The van der Waals surface area contributed by atoms with Crippen LogP contribution in [-0.2, 0) is 16.1 Å². The van der Waals surface area contributed by atoms with Crippen LogP contribution in [0.25, 0.3) is 0 Å². The Bertz CT molecular complexity index is 490. The molecule has 2 rings (SSSR count).